The van der Waals surface area contributed by atoms with Gasteiger partial charge in [-0.1, -0.05) is 18.2 Å². The summed E-state index contributed by atoms with van der Waals surface area (Å²) < 4.78 is 43.5. The van der Waals surface area contributed by atoms with Crippen LogP contribution in [-0.2, 0) is 9.53 Å². The number of aromatic nitrogens is 1. The van der Waals surface area contributed by atoms with Gasteiger partial charge < -0.3 is 29.7 Å². The first-order valence-corrected chi connectivity index (χ1v) is 14.6. The van der Waals surface area contributed by atoms with Crippen molar-refractivity contribution < 1.29 is 32.5 Å². The zero-order chi connectivity index (χ0) is 30.9. The van der Waals surface area contributed by atoms with Gasteiger partial charge in [-0.25, -0.2) is 9.79 Å². The molecule has 1 fully saturated rings. The SMILES string of the molecule is C1=NCCC=C1CCCOc1cccc(C2N=C(N3CCOCC3)NC3=C2CCN3c2ccncc2)c1.O=C(O)C(F)(F)F. The van der Waals surface area contributed by atoms with Crippen LogP contribution in [-0.4, -0.2) is 85.3 Å². The normalized spacial score (nSPS) is 19.8. The number of rotatable bonds is 7. The lowest BCUT2D eigenvalue weighted by Gasteiger charge is -2.36. The predicted octanol–water partition coefficient (Wildman–Crippen LogP) is 4.73. The first-order valence-electron chi connectivity index (χ1n) is 14.6. The second-order valence-corrected chi connectivity index (χ2v) is 10.5. The molecule has 13 heteroatoms. The summed E-state index contributed by atoms with van der Waals surface area (Å²) in [6.45, 7) is 5.63. The van der Waals surface area contributed by atoms with Gasteiger partial charge in [-0.2, -0.15) is 13.2 Å². The van der Waals surface area contributed by atoms with Crippen LogP contribution in [0.4, 0.5) is 18.9 Å². The molecular weight excluding hydrogens is 577 g/mol. The Morgan fingerprint density at radius 1 is 1.14 bits per heavy atom. The molecule has 1 unspecified atom stereocenters. The van der Waals surface area contributed by atoms with E-state index in [-0.39, 0.29) is 6.04 Å². The van der Waals surface area contributed by atoms with Crippen molar-refractivity contribution in [3.05, 3.63) is 77.4 Å². The van der Waals surface area contributed by atoms with E-state index in [1.165, 1.54) is 11.1 Å². The minimum absolute atomic E-state index is 0.0481. The van der Waals surface area contributed by atoms with E-state index in [1.807, 2.05) is 24.7 Å². The minimum atomic E-state index is -5.08. The van der Waals surface area contributed by atoms with Crippen molar-refractivity contribution in [1.82, 2.24) is 15.2 Å². The molecule has 0 bridgehead atoms. The molecule has 0 amide bonds. The Morgan fingerprint density at radius 3 is 2.61 bits per heavy atom. The van der Waals surface area contributed by atoms with Crippen LogP contribution in [0.3, 0.4) is 0 Å². The second-order valence-electron chi connectivity index (χ2n) is 10.5. The fourth-order valence-corrected chi connectivity index (χ4v) is 5.35. The molecule has 5 heterocycles. The largest absolute Gasteiger partial charge is 0.494 e. The van der Waals surface area contributed by atoms with Gasteiger partial charge in [0.2, 0.25) is 5.96 Å². The summed E-state index contributed by atoms with van der Waals surface area (Å²) in [6.07, 6.45) is 6.90. The summed E-state index contributed by atoms with van der Waals surface area (Å²) in [4.78, 5) is 27.4. The highest BCUT2D eigenvalue weighted by Crippen LogP contribution is 2.40. The molecule has 44 heavy (non-hydrogen) atoms. The van der Waals surface area contributed by atoms with Gasteiger partial charge in [0.05, 0.1) is 19.8 Å². The summed E-state index contributed by atoms with van der Waals surface area (Å²) in [6, 6.07) is 12.6. The molecular formula is C31H35F3N6O4. The molecule has 2 N–H and O–H groups in total. The van der Waals surface area contributed by atoms with Gasteiger partial charge in [0, 0.05) is 56.0 Å². The maximum atomic E-state index is 10.6. The standard InChI is InChI=1S/C29H34N6O2.C2HF3O2/c1-6-23(20-25(7-1)37-17-3-5-22-4-2-11-31-21-22)27-26-10-14-35(24-8-12-30-13-9-24)28(26)33-29(32-27)34-15-18-36-19-16-34;3-2(4,5)1(6)7/h1,4,6-9,12-13,20-21,27H,2-3,5,10-11,14-19H2,(H,32,33);(H,6,7). The van der Waals surface area contributed by atoms with Crippen molar-refractivity contribution in [1.29, 1.82) is 0 Å². The highest BCUT2D eigenvalue weighted by atomic mass is 19.4. The number of morpholine rings is 1. The zero-order valence-electron chi connectivity index (χ0n) is 24.2. The molecule has 1 aromatic heterocycles. The van der Waals surface area contributed by atoms with Crippen molar-refractivity contribution in [3.63, 3.8) is 0 Å². The number of dihydropyridines is 1. The van der Waals surface area contributed by atoms with Gasteiger partial charge in [-0.3, -0.25) is 9.98 Å². The number of nitrogens with zero attached hydrogens (tertiary/aromatic N) is 5. The number of guanidine groups is 1. The average molecular weight is 613 g/mol. The number of carboxylic acid groups (broad SMARTS) is 1. The lowest BCUT2D eigenvalue weighted by atomic mass is 9.97. The molecule has 1 atom stereocenters. The van der Waals surface area contributed by atoms with Crippen molar-refractivity contribution >= 4 is 23.8 Å². The number of allylic oxidation sites excluding steroid dienone is 1. The van der Waals surface area contributed by atoms with Crippen molar-refractivity contribution in [3.8, 4) is 5.75 Å². The first-order chi connectivity index (χ1) is 21.3. The number of alkyl halides is 3. The van der Waals surface area contributed by atoms with Gasteiger partial charge in [0.25, 0.3) is 0 Å². The highest BCUT2D eigenvalue weighted by Gasteiger charge is 2.38. The molecule has 1 saturated heterocycles. The third-order valence-corrected chi connectivity index (χ3v) is 7.49. The number of benzene rings is 1. The Balaban J connectivity index is 0.000000493. The van der Waals surface area contributed by atoms with E-state index in [0.717, 1.165) is 93.9 Å². The van der Waals surface area contributed by atoms with E-state index in [2.05, 4.69) is 61.5 Å². The summed E-state index contributed by atoms with van der Waals surface area (Å²) in [7, 11) is 0. The van der Waals surface area contributed by atoms with Crippen molar-refractivity contribution in [2.75, 3.05) is 50.9 Å². The number of aliphatic carboxylic acids is 1. The Labute approximate surface area is 253 Å². The Bertz CT molecular complexity index is 1420. The molecule has 4 aliphatic rings. The van der Waals surface area contributed by atoms with E-state index in [0.29, 0.717) is 6.61 Å². The fourth-order valence-electron chi connectivity index (χ4n) is 5.35. The van der Waals surface area contributed by atoms with Crippen LogP contribution < -0.4 is 15.0 Å². The van der Waals surface area contributed by atoms with Gasteiger partial charge in [-0.15, -0.1) is 0 Å². The van der Waals surface area contributed by atoms with Crippen LogP contribution in [0.15, 0.2) is 81.8 Å². The number of aliphatic imine (C=N–C) groups is 2. The van der Waals surface area contributed by atoms with Gasteiger partial charge >= 0.3 is 12.1 Å². The maximum Gasteiger partial charge on any atom is 0.490 e. The topological polar surface area (TPSA) is 112 Å². The number of ether oxygens (including phenoxy) is 2. The van der Waals surface area contributed by atoms with E-state index in [4.69, 9.17) is 24.4 Å². The number of hydrogen-bond donors (Lipinski definition) is 2. The number of pyridine rings is 1. The molecule has 0 radical (unpaired) electrons. The number of halogens is 3. The molecule has 0 aliphatic carbocycles. The quantitative estimate of drug-likeness (QED) is 0.432. The predicted molar refractivity (Wildman–Crippen MR) is 160 cm³/mol. The van der Waals surface area contributed by atoms with Crippen molar-refractivity contribution in [2.24, 2.45) is 9.98 Å². The number of hydrogen-bond acceptors (Lipinski definition) is 9. The number of carboxylic acids is 1. The zero-order valence-corrected chi connectivity index (χ0v) is 24.2. The van der Waals surface area contributed by atoms with Crippen molar-refractivity contribution in [2.45, 2.75) is 37.9 Å². The summed E-state index contributed by atoms with van der Waals surface area (Å²) in [5, 5.41) is 10.8. The van der Waals surface area contributed by atoms with Crippen LogP contribution in [0.1, 0.15) is 37.3 Å². The third-order valence-electron chi connectivity index (χ3n) is 7.49. The van der Waals surface area contributed by atoms with Crippen LogP contribution in [0.2, 0.25) is 0 Å². The van der Waals surface area contributed by atoms with Crippen LogP contribution >= 0.6 is 0 Å². The number of carbonyl (C=O) groups is 1. The minimum Gasteiger partial charge on any atom is -0.494 e. The maximum absolute atomic E-state index is 10.6. The molecule has 234 valence electrons. The third kappa shape index (κ3) is 7.95. The lowest BCUT2D eigenvalue weighted by Crippen LogP contribution is -2.50. The summed E-state index contributed by atoms with van der Waals surface area (Å²) in [5.41, 5.74) is 4.94. The van der Waals surface area contributed by atoms with E-state index in [1.54, 1.807) is 0 Å². The lowest BCUT2D eigenvalue weighted by molar-refractivity contribution is -0.192. The Morgan fingerprint density at radius 2 is 1.91 bits per heavy atom. The fraction of sp³-hybridized carbons (Fsp3) is 0.419. The summed E-state index contributed by atoms with van der Waals surface area (Å²) >= 11 is 0. The summed E-state index contributed by atoms with van der Waals surface area (Å²) in [5.74, 6) is 0.201. The van der Waals surface area contributed by atoms with Crippen LogP contribution in [0, 0.1) is 0 Å². The average Bonchev–Trinajstić information content (AvgIpc) is 3.48. The van der Waals surface area contributed by atoms with E-state index >= 15 is 0 Å². The Kier molecular flexibility index (Phi) is 10.2. The molecule has 10 nitrogen and oxygen atoms in total. The van der Waals surface area contributed by atoms with Gasteiger partial charge in [0.15, 0.2) is 0 Å². The smallest absolute Gasteiger partial charge is 0.490 e. The van der Waals surface area contributed by atoms with E-state index < -0.39 is 12.1 Å². The van der Waals surface area contributed by atoms with Crippen LogP contribution in [0.25, 0.3) is 0 Å². The molecule has 1 aromatic carbocycles. The molecule has 0 saturated carbocycles. The van der Waals surface area contributed by atoms with E-state index in [9.17, 15) is 13.2 Å². The van der Waals surface area contributed by atoms with Crippen LogP contribution in [0.5, 0.6) is 5.75 Å². The Hall–Kier alpha value is -4.39. The number of anilines is 1. The van der Waals surface area contributed by atoms with Gasteiger partial charge in [-0.05, 0) is 61.1 Å². The number of nitrogens with one attached hydrogen (secondary N) is 1. The molecule has 6 rings (SSSR count). The second kappa shape index (κ2) is 14.4. The molecule has 4 aliphatic heterocycles. The van der Waals surface area contributed by atoms with Gasteiger partial charge in [0.1, 0.15) is 17.6 Å². The highest BCUT2D eigenvalue weighted by molar-refractivity contribution is 5.85. The monoisotopic (exact) mass is 612 g/mol. The molecule has 2 aromatic rings. The first kappa shape index (κ1) is 31.0. The molecule has 0 spiro atoms.